The van der Waals surface area contributed by atoms with Crippen molar-refractivity contribution >= 4 is 18.7 Å². The molecule has 29 heavy (non-hydrogen) atoms. The summed E-state index contributed by atoms with van der Waals surface area (Å²) in [6.07, 6.45) is 5.08. The molecule has 0 bridgehead atoms. The van der Waals surface area contributed by atoms with Crippen molar-refractivity contribution in [1.82, 2.24) is 0 Å². The van der Waals surface area contributed by atoms with Crippen LogP contribution in [-0.4, -0.2) is 26.1 Å². The molecule has 2 nitrogen and oxygen atoms in total. The number of aliphatic hydroxyl groups excluding tert-OH is 1. The summed E-state index contributed by atoms with van der Waals surface area (Å²) in [7, 11) is -2.43. The highest BCUT2D eigenvalue weighted by molar-refractivity contribution is 6.99. The molecular formula is C26H38O2Si. The van der Waals surface area contributed by atoms with E-state index in [0.717, 1.165) is 25.9 Å². The minimum Gasteiger partial charge on any atom is -0.407 e. The van der Waals surface area contributed by atoms with E-state index < -0.39 is 8.32 Å². The van der Waals surface area contributed by atoms with Crippen LogP contribution < -0.4 is 10.4 Å². The molecule has 0 fully saturated rings. The molecule has 0 radical (unpaired) electrons. The zero-order chi connectivity index (χ0) is 21.3. The van der Waals surface area contributed by atoms with Gasteiger partial charge in [-0.05, 0) is 47.0 Å². The van der Waals surface area contributed by atoms with E-state index in [-0.39, 0.29) is 11.1 Å². The molecule has 2 unspecified atom stereocenters. The monoisotopic (exact) mass is 410 g/mol. The van der Waals surface area contributed by atoms with Gasteiger partial charge in [0, 0.05) is 6.61 Å². The Morgan fingerprint density at radius 1 is 1.00 bits per heavy atom. The predicted molar refractivity (Wildman–Crippen MR) is 127 cm³/mol. The van der Waals surface area contributed by atoms with Gasteiger partial charge in [0.05, 0.1) is 6.10 Å². The van der Waals surface area contributed by atoms with Crippen LogP contribution in [0.4, 0.5) is 0 Å². The first-order chi connectivity index (χ1) is 13.8. The van der Waals surface area contributed by atoms with Gasteiger partial charge in [0.15, 0.2) is 0 Å². The van der Waals surface area contributed by atoms with E-state index in [9.17, 15) is 5.11 Å². The molecule has 0 spiro atoms. The largest absolute Gasteiger partial charge is 0.407 e. The van der Waals surface area contributed by atoms with E-state index in [1.165, 1.54) is 10.4 Å². The van der Waals surface area contributed by atoms with Crippen LogP contribution >= 0.6 is 0 Å². The number of aliphatic hydroxyl groups is 1. The first-order valence-corrected chi connectivity index (χ1v) is 12.8. The lowest BCUT2D eigenvalue weighted by Crippen LogP contribution is -2.66. The number of rotatable bonds is 11. The number of benzene rings is 2. The second-order valence-corrected chi connectivity index (χ2v) is 13.5. The molecule has 0 saturated carbocycles. The molecule has 0 aliphatic carbocycles. The van der Waals surface area contributed by atoms with Gasteiger partial charge in [-0.15, -0.1) is 6.58 Å². The lowest BCUT2D eigenvalue weighted by Gasteiger charge is -2.43. The number of hydrogen-bond acceptors (Lipinski definition) is 2. The molecule has 2 rings (SSSR count). The molecule has 2 aromatic carbocycles. The highest BCUT2D eigenvalue weighted by atomic mass is 28.4. The Balaban J connectivity index is 2.18. The van der Waals surface area contributed by atoms with Crippen molar-refractivity contribution < 1.29 is 9.53 Å². The van der Waals surface area contributed by atoms with E-state index in [4.69, 9.17) is 4.43 Å². The maximum atomic E-state index is 10.0. The van der Waals surface area contributed by atoms with Crippen molar-refractivity contribution in [2.24, 2.45) is 5.92 Å². The van der Waals surface area contributed by atoms with Crippen molar-refractivity contribution in [2.75, 3.05) is 6.61 Å². The molecule has 0 aliphatic rings. The fourth-order valence-electron chi connectivity index (χ4n) is 4.29. The highest BCUT2D eigenvalue weighted by Gasteiger charge is 2.49. The van der Waals surface area contributed by atoms with Gasteiger partial charge in [0.25, 0.3) is 8.32 Å². The minimum atomic E-state index is -2.43. The Hall–Kier alpha value is -1.68. The zero-order valence-corrected chi connectivity index (χ0v) is 19.6. The fraction of sp³-hybridized carbons (Fsp3) is 0.462. The van der Waals surface area contributed by atoms with Gasteiger partial charge in [-0.25, -0.2) is 0 Å². The van der Waals surface area contributed by atoms with Gasteiger partial charge >= 0.3 is 0 Å². The van der Waals surface area contributed by atoms with Gasteiger partial charge in [-0.1, -0.05) is 94.4 Å². The molecule has 1 N–H and O–H groups in total. The summed E-state index contributed by atoms with van der Waals surface area (Å²) in [5.41, 5.74) is 0. The second kappa shape index (κ2) is 10.9. The summed E-state index contributed by atoms with van der Waals surface area (Å²) in [6.45, 7) is 13.6. The molecule has 2 atom stereocenters. The standard InChI is InChI=1S/C26H38O2Si/c1-6-14-23(27)21-22(2)15-13-20-28-29(26(3,4)5,24-16-9-7-10-17-24)25-18-11-8-12-19-25/h6-12,16-19,22-23,27H,1,13-15,20-21H2,2-5H3. The SMILES string of the molecule is C=CCC(O)CC(C)CCCO[Si](c1ccccc1)(c1ccccc1)C(C)(C)C. The maximum absolute atomic E-state index is 10.0. The molecule has 3 heteroatoms. The van der Waals surface area contributed by atoms with Gasteiger partial charge in [0.2, 0.25) is 0 Å². The third kappa shape index (κ3) is 6.15. The van der Waals surface area contributed by atoms with Crippen molar-refractivity contribution in [3.8, 4) is 0 Å². The Bertz CT molecular complexity index is 682. The topological polar surface area (TPSA) is 29.5 Å². The predicted octanol–water partition coefficient (Wildman–Crippen LogP) is 5.31. The van der Waals surface area contributed by atoms with Crippen molar-refractivity contribution in [1.29, 1.82) is 0 Å². The van der Waals surface area contributed by atoms with E-state index in [2.05, 4.69) is 94.9 Å². The molecule has 0 aliphatic heterocycles. The fourth-order valence-corrected chi connectivity index (χ4v) is 8.90. The average Bonchev–Trinajstić information content (AvgIpc) is 2.68. The van der Waals surface area contributed by atoms with Crippen LogP contribution in [0.3, 0.4) is 0 Å². The zero-order valence-electron chi connectivity index (χ0n) is 18.6. The van der Waals surface area contributed by atoms with Crippen LogP contribution in [0, 0.1) is 5.92 Å². The second-order valence-electron chi connectivity index (χ2n) is 9.17. The third-order valence-corrected chi connectivity index (χ3v) is 10.7. The summed E-state index contributed by atoms with van der Waals surface area (Å²) < 4.78 is 6.93. The Labute approximate surface area is 178 Å². The van der Waals surface area contributed by atoms with Gasteiger partial charge in [-0.2, -0.15) is 0 Å². The summed E-state index contributed by atoms with van der Waals surface area (Å²) in [6, 6.07) is 21.6. The maximum Gasteiger partial charge on any atom is 0.261 e. The van der Waals surface area contributed by atoms with Crippen molar-refractivity contribution in [3.05, 3.63) is 73.3 Å². The smallest absolute Gasteiger partial charge is 0.261 e. The lowest BCUT2D eigenvalue weighted by atomic mass is 9.97. The van der Waals surface area contributed by atoms with Crippen LogP contribution in [-0.2, 0) is 4.43 Å². The molecule has 0 saturated heterocycles. The third-order valence-electron chi connectivity index (χ3n) is 5.69. The van der Waals surface area contributed by atoms with Crippen LogP contribution in [0.25, 0.3) is 0 Å². The number of hydrogen-bond donors (Lipinski definition) is 1. The van der Waals surface area contributed by atoms with Gasteiger partial charge in [0.1, 0.15) is 0 Å². The summed E-state index contributed by atoms with van der Waals surface area (Å²) in [5, 5.41) is 12.7. The lowest BCUT2D eigenvalue weighted by molar-refractivity contribution is 0.143. The first kappa shape index (κ1) is 23.6. The first-order valence-electron chi connectivity index (χ1n) is 10.8. The van der Waals surface area contributed by atoms with Crippen LogP contribution in [0.2, 0.25) is 5.04 Å². The molecule has 2 aromatic rings. The van der Waals surface area contributed by atoms with E-state index in [0.29, 0.717) is 12.3 Å². The average molecular weight is 411 g/mol. The molecule has 0 amide bonds. The van der Waals surface area contributed by atoms with Gasteiger partial charge < -0.3 is 9.53 Å². The quantitative estimate of drug-likeness (QED) is 0.309. The van der Waals surface area contributed by atoms with Crippen LogP contribution in [0.5, 0.6) is 0 Å². The molecule has 0 heterocycles. The van der Waals surface area contributed by atoms with Crippen molar-refractivity contribution in [3.63, 3.8) is 0 Å². The van der Waals surface area contributed by atoms with E-state index in [1.807, 2.05) is 0 Å². The van der Waals surface area contributed by atoms with Gasteiger partial charge in [-0.3, -0.25) is 0 Å². The summed E-state index contributed by atoms with van der Waals surface area (Å²) in [5.74, 6) is 0.479. The van der Waals surface area contributed by atoms with Crippen LogP contribution in [0.15, 0.2) is 73.3 Å². The normalized spacial score (nSPS) is 14.4. The molecule has 0 aromatic heterocycles. The molecular weight excluding hydrogens is 372 g/mol. The van der Waals surface area contributed by atoms with E-state index >= 15 is 0 Å². The minimum absolute atomic E-state index is 0.0154. The van der Waals surface area contributed by atoms with E-state index in [1.54, 1.807) is 6.08 Å². The highest BCUT2D eigenvalue weighted by Crippen LogP contribution is 2.36. The summed E-state index contributed by atoms with van der Waals surface area (Å²) >= 11 is 0. The Morgan fingerprint density at radius 2 is 1.52 bits per heavy atom. The molecule has 158 valence electrons. The Kier molecular flexibility index (Phi) is 8.88. The van der Waals surface area contributed by atoms with Crippen molar-refractivity contribution in [2.45, 2.75) is 64.5 Å². The van der Waals surface area contributed by atoms with Crippen LogP contribution in [0.1, 0.15) is 53.4 Å². The Morgan fingerprint density at radius 3 is 1.97 bits per heavy atom. The summed E-state index contributed by atoms with van der Waals surface area (Å²) in [4.78, 5) is 0.